The van der Waals surface area contributed by atoms with E-state index in [9.17, 15) is 8.78 Å². The Morgan fingerprint density at radius 1 is 0.708 bits per heavy atom. The second-order valence-electron chi connectivity index (χ2n) is 5.35. The molecule has 24 heavy (non-hydrogen) atoms. The van der Waals surface area contributed by atoms with Crippen LogP contribution in [0.5, 0.6) is 0 Å². The molecule has 0 fully saturated rings. The monoisotopic (exact) mass is 338 g/mol. The molecule has 2 heteroatoms. The normalized spacial score (nSPS) is 10.7. The predicted octanol–water partition coefficient (Wildman–Crippen LogP) is 8.57. The van der Waals surface area contributed by atoms with Crippen molar-refractivity contribution in [3.63, 3.8) is 0 Å². The molecule has 0 heterocycles. The molecule has 0 nitrogen and oxygen atoms in total. The molecule has 0 aromatic heterocycles. The van der Waals surface area contributed by atoms with Crippen molar-refractivity contribution in [1.82, 2.24) is 0 Å². The topological polar surface area (TPSA) is 0 Å². The van der Waals surface area contributed by atoms with Crippen molar-refractivity contribution in [1.29, 1.82) is 0 Å². The Morgan fingerprint density at radius 3 is 1.46 bits per heavy atom. The molecule has 0 aromatic rings. The third-order valence-corrected chi connectivity index (χ3v) is 2.56. The van der Waals surface area contributed by atoms with Gasteiger partial charge in [0.05, 0.1) is 0 Å². The van der Waals surface area contributed by atoms with Crippen molar-refractivity contribution in [2.45, 2.75) is 67.2 Å². The van der Waals surface area contributed by atoms with Crippen LogP contribution in [-0.2, 0) is 0 Å². The van der Waals surface area contributed by atoms with Gasteiger partial charge in [-0.05, 0) is 24.0 Å². The van der Waals surface area contributed by atoms with E-state index in [1.807, 2.05) is 6.92 Å². The first-order chi connectivity index (χ1) is 11.2. The van der Waals surface area contributed by atoms with Gasteiger partial charge in [-0.2, -0.15) is 0 Å². The van der Waals surface area contributed by atoms with Crippen LogP contribution in [0.1, 0.15) is 67.2 Å². The molecule has 0 spiro atoms. The second kappa shape index (κ2) is 17.7. The molecule has 138 valence electrons. The van der Waals surface area contributed by atoms with Gasteiger partial charge >= 0.3 is 0 Å². The first-order valence-corrected chi connectivity index (χ1v) is 8.65. The quantitative estimate of drug-likeness (QED) is 0.408. The maximum absolute atomic E-state index is 13.7. The Bertz CT molecular complexity index is 460. The van der Waals surface area contributed by atoms with Gasteiger partial charge in [0.2, 0.25) is 0 Å². The van der Waals surface area contributed by atoms with Crippen LogP contribution in [0, 0.1) is 0 Å². The summed E-state index contributed by atoms with van der Waals surface area (Å²) in [5, 5.41) is 0. The van der Waals surface area contributed by atoms with E-state index < -0.39 is 11.7 Å². The number of allylic oxidation sites excluding steroid dienone is 8. The summed E-state index contributed by atoms with van der Waals surface area (Å²) in [4.78, 5) is 0. The molecule has 0 aliphatic heterocycles. The van der Waals surface area contributed by atoms with Gasteiger partial charge in [-0.3, -0.25) is 0 Å². The lowest BCUT2D eigenvalue weighted by molar-refractivity contribution is 0.554. The molecular formula is C22H36F2. The SMILES string of the molecule is C=C(/C=C\C(=C)C(=C)/C(F)=C(/F)C(=C)CC)CC.CCC.CCC. The number of halogens is 2. The highest BCUT2D eigenvalue weighted by Gasteiger charge is 2.13. The molecule has 0 amide bonds. The fourth-order valence-electron chi connectivity index (χ4n) is 1.02. The molecule has 0 aromatic carbocycles. The average Bonchev–Trinajstić information content (AvgIpc) is 2.57. The zero-order valence-electron chi connectivity index (χ0n) is 16.6. The van der Waals surface area contributed by atoms with Crippen molar-refractivity contribution in [3.05, 3.63) is 72.4 Å². The van der Waals surface area contributed by atoms with Gasteiger partial charge in [-0.15, -0.1) is 0 Å². The Hall–Kier alpha value is -1.70. The van der Waals surface area contributed by atoms with Crippen molar-refractivity contribution >= 4 is 0 Å². The standard InChI is InChI=1S/C16H20F2.2C3H8/c1-7-11(3)9-10-13(5)14(6)16(18)15(17)12(4)8-2;2*1-3-2/h9-10H,3-8H2,1-2H3;2*3H2,1-2H3/b10-9-,16-15-;;. The van der Waals surface area contributed by atoms with E-state index in [2.05, 4.69) is 54.0 Å². The van der Waals surface area contributed by atoms with Crippen LogP contribution >= 0.6 is 0 Å². The summed E-state index contributed by atoms with van der Waals surface area (Å²) in [6.07, 6.45) is 6.93. The molecule has 0 unspecified atom stereocenters. The predicted molar refractivity (Wildman–Crippen MR) is 107 cm³/mol. The molecule has 0 radical (unpaired) electrons. The Labute approximate surface area is 149 Å². The molecule has 0 atom stereocenters. The van der Waals surface area contributed by atoms with Gasteiger partial charge in [0.25, 0.3) is 0 Å². The highest BCUT2D eigenvalue weighted by atomic mass is 19.2. The highest BCUT2D eigenvalue weighted by molar-refractivity contribution is 5.50. The van der Waals surface area contributed by atoms with Gasteiger partial charge in [0.15, 0.2) is 11.7 Å². The summed E-state index contributed by atoms with van der Waals surface area (Å²) in [7, 11) is 0. The smallest absolute Gasteiger partial charge is 0.166 e. The van der Waals surface area contributed by atoms with Crippen molar-refractivity contribution in [2.24, 2.45) is 0 Å². The Balaban J connectivity index is -0.000000635. The molecule has 0 aliphatic rings. The first kappa shape index (κ1) is 27.2. The fourth-order valence-corrected chi connectivity index (χ4v) is 1.02. The van der Waals surface area contributed by atoms with Gasteiger partial charge in [-0.1, -0.05) is 98.4 Å². The zero-order chi connectivity index (χ0) is 19.7. The lowest BCUT2D eigenvalue weighted by atomic mass is 10.0. The molecule has 0 N–H and O–H groups in total. The fraction of sp³-hybridized carbons (Fsp3) is 0.455. The van der Waals surface area contributed by atoms with Crippen LogP contribution in [0.4, 0.5) is 8.78 Å². The zero-order valence-corrected chi connectivity index (χ0v) is 16.6. The van der Waals surface area contributed by atoms with Crippen molar-refractivity contribution < 1.29 is 8.78 Å². The minimum absolute atomic E-state index is 0.0674. The Morgan fingerprint density at radius 2 is 1.12 bits per heavy atom. The number of hydrogen-bond donors (Lipinski definition) is 0. The number of hydrogen-bond acceptors (Lipinski definition) is 0. The second-order valence-corrected chi connectivity index (χ2v) is 5.35. The molecular weight excluding hydrogens is 302 g/mol. The van der Waals surface area contributed by atoms with Crippen LogP contribution in [0.15, 0.2) is 72.4 Å². The lowest BCUT2D eigenvalue weighted by Gasteiger charge is -2.06. The van der Waals surface area contributed by atoms with Gasteiger partial charge in [0.1, 0.15) is 0 Å². The maximum atomic E-state index is 13.7. The average molecular weight is 339 g/mol. The van der Waals surface area contributed by atoms with E-state index in [-0.39, 0.29) is 11.1 Å². The van der Waals surface area contributed by atoms with Crippen LogP contribution in [0.25, 0.3) is 0 Å². The molecule has 0 rings (SSSR count). The minimum Gasteiger partial charge on any atom is -0.203 e. The number of rotatable bonds is 7. The maximum Gasteiger partial charge on any atom is 0.166 e. The summed E-state index contributed by atoms with van der Waals surface area (Å²) in [5.74, 6) is -1.95. The van der Waals surface area contributed by atoms with E-state index >= 15 is 0 Å². The summed E-state index contributed by atoms with van der Waals surface area (Å²) in [6.45, 7) is 26.5. The van der Waals surface area contributed by atoms with E-state index in [0.717, 1.165) is 12.0 Å². The molecule has 0 saturated carbocycles. The molecule has 0 aliphatic carbocycles. The molecule has 0 saturated heterocycles. The van der Waals surface area contributed by atoms with Crippen LogP contribution in [-0.4, -0.2) is 0 Å². The largest absolute Gasteiger partial charge is 0.203 e. The van der Waals surface area contributed by atoms with Gasteiger partial charge in [0, 0.05) is 5.57 Å². The third kappa shape index (κ3) is 13.9. The summed E-state index contributed by atoms with van der Waals surface area (Å²) < 4.78 is 27.2. The van der Waals surface area contributed by atoms with E-state index in [4.69, 9.17) is 0 Å². The summed E-state index contributed by atoms with van der Waals surface area (Å²) >= 11 is 0. The summed E-state index contributed by atoms with van der Waals surface area (Å²) in [6, 6.07) is 0. The van der Waals surface area contributed by atoms with Gasteiger partial charge < -0.3 is 0 Å². The van der Waals surface area contributed by atoms with E-state index in [1.54, 1.807) is 19.1 Å². The van der Waals surface area contributed by atoms with E-state index in [1.165, 1.54) is 12.8 Å². The van der Waals surface area contributed by atoms with Gasteiger partial charge in [-0.25, -0.2) is 8.78 Å². The van der Waals surface area contributed by atoms with Crippen molar-refractivity contribution in [3.8, 4) is 0 Å². The van der Waals surface area contributed by atoms with Crippen molar-refractivity contribution in [2.75, 3.05) is 0 Å². The Kier molecular flexibility index (Phi) is 20.0. The first-order valence-electron chi connectivity index (χ1n) is 8.65. The van der Waals surface area contributed by atoms with E-state index in [0.29, 0.717) is 12.0 Å². The lowest BCUT2D eigenvalue weighted by Crippen LogP contribution is -1.91. The summed E-state index contributed by atoms with van der Waals surface area (Å²) in [5.41, 5.74) is 1.25. The highest BCUT2D eigenvalue weighted by Crippen LogP contribution is 2.27. The van der Waals surface area contributed by atoms with Crippen LogP contribution in [0.2, 0.25) is 0 Å². The third-order valence-electron chi connectivity index (χ3n) is 2.56. The molecule has 0 bridgehead atoms. The minimum atomic E-state index is -1.00. The van der Waals surface area contributed by atoms with Crippen LogP contribution < -0.4 is 0 Å². The van der Waals surface area contributed by atoms with Crippen LogP contribution in [0.3, 0.4) is 0 Å².